The third-order valence-electron chi connectivity index (χ3n) is 4.12. The number of rotatable bonds is 0. The molecule has 2 aromatic heterocycles. The molecule has 1 radical (unpaired) electrons. The first-order chi connectivity index (χ1) is 9.66. The van der Waals surface area contributed by atoms with Crippen molar-refractivity contribution in [1.29, 1.82) is 0 Å². The van der Waals surface area contributed by atoms with Gasteiger partial charge in [0, 0.05) is 50.3 Å². The van der Waals surface area contributed by atoms with Gasteiger partial charge in [-0.05, 0) is 29.8 Å². The van der Waals surface area contributed by atoms with E-state index in [0.29, 0.717) is 12.1 Å². The molecule has 4 rings (SSSR count). The molecule has 0 saturated heterocycles. The van der Waals surface area contributed by atoms with E-state index in [0.717, 1.165) is 27.9 Å². The summed E-state index contributed by atoms with van der Waals surface area (Å²) < 4.78 is 1.80. The second kappa shape index (κ2) is 5.15. The van der Waals surface area contributed by atoms with Crippen LogP contribution >= 0.6 is 0 Å². The van der Waals surface area contributed by atoms with E-state index in [1.54, 1.807) is 11.5 Å². The predicted molar refractivity (Wildman–Crippen MR) is 78.9 cm³/mol. The molecule has 0 N–H and O–H groups in total. The summed E-state index contributed by atoms with van der Waals surface area (Å²) in [5.74, 6) is 0. The van der Waals surface area contributed by atoms with Crippen molar-refractivity contribution >= 4 is 10.9 Å². The summed E-state index contributed by atoms with van der Waals surface area (Å²) >= 11 is 0. The van der Waals surface area contributed by atoms with Gasteiger partial charge in [0.1, 0.15) is 5.56 Å². The molecule has 0 fully saturated rings. The Labute approximate surface area is 147 Å². The molecule has 3 nitrogen and oxygen atoms in total. The van der Waals surface area contributed by atoms with Gasteiger partial charge < -0.3 is 9.36 Å². The standard InChI is InChI=1S/C17H13N2O.Y/c1-10-7-8-15-16-13(9-19(15)17(10)20)11(2)12-5-3-4-6-14(12)18-16;/h3-6,8H,9H2,1-2H3;/q-1;. The van der Waals surface area contributed by atoms with Crippen molar-refractivity contribution < 1.29 is 32.7 Å². The summed E-state index contributed by atoms with van der Waals surface area (Å²) in [5, 5.41) is 1.16. The number of fused-ring (bicyclic) bond motifs is 4. The number of benzene rings is 1. The number of aromatic nitrogens is 2. The molecule has 0 atom stereocenters. The summed E-state index contributed by atoms with van der Waals surface area (Å²) in [4.78, 5) is 17.0. The van der Waals surface area contributed by atoms with E-state index >= 15 is 0 Å². The zero-order valence-corrected chi connectivity index (χ0v) is 14.8. The van der Waals surface area contributed by atoms with Gasteiger partial charge in [-0.1, -0.05) is 25.1 Å². The fourth-order valence-electron chi connectivity index (χ4n) is 2.96. The monoisotopic (exact) mass is 350 g/mol. The van der Waals surface area contributed by atoms with Crippen LogP contribution in [0, 0.1) is 19.9 Å². The molecule has 1 aromatic carbocycles. The van der Waals surface area contributed by atoms with Gasteiger partial charge in [-0.3, -0.25) is 4.98 Å². The molecular formula is C17H13N2OY-. The van der Waals surface area contributed by atoms with Crippen LogP contribution in [0.1, 0.15) is 16.7 Å². The van der Waals surface area contributed by atoms with E-state index in [2.05, 4.69) is 19.1 Å². The van der Waals surface area contributed by atoms with E-state index in [-0.39, 0.29) is 38.3 Å². The number of nitrogens with zero attached hydrogens (tertiary/aromatic N) is 2. The van der Waals surface area contributed by atoms with Crippen molar-refractivity contribution in [3.63, 3.8) is 0 Å². The van der Waals surface area contributed by atoms with Crippen LogP contribution in [0.25, 0.3) is 22.3 Å². The molecule has 21 heavy (non-hydrogen) atoms. The summed E-state index contributed by atoms with van der Waals surface area (Å²) in [7, 11) is 0. The molecule has 4 heteroatoms. The first-order valence-electron chi connectivity index (χ1n) is 6.67. The fraction of sp³-hybridized carbons (Fsp3) is 0.176. The van der Waals surface area contributed by atoms with E-state index in [1.165, 1.54) is 5.56 Å². The molecule has 1 aliphatic heterocycles. The molecule has 0 aliphatic carbocycles. The van der Waals surface area contributed by atoms with Crippen LogP contribution in [0.2, 0.25) is 0 Å². The Morgan fingerprint density at radius 2 is 2.00 bits per heavy atom. The normalized spacial score (nSPS) is 11.9. The van der Waals surface area contributed by atoms with Crippen LogP contribution in [-0.2, 0) is 39.3 Å². The van der Waals surface area contributed by atoms with Crippen LogP contribution < -0.4 is 5.56 Å². The summed E-state index contributed by atoms with van der Waals surface area (Å²) in [6, 6.07) is 13.0. The molecule has 0 amide bonds. The molecule has 0 saturated carbocycles. The Morgan fingerprint density at radius 3 is 2.81 bits per heavy atom. The summed E-state index contributed by atoms with van der Waals surface area (Å²) in [5.41, 5.74) is 5.84. The minimum absolute atomic E-state index is 0. The Bertz CT molecular complexity index is 928. The van der Waals surface area contributed by atoms with Gasteiger partial charge in [0.25, 0.3) is 0 Å². The first kappa shape index (κ1) is 14.6. The quantitative estimate of drug-likeness (QED) is 0.457. The van der Waals surface area contributed by atoms with Gasteiger partial charge in [0.2, 0.25) is 0 Å². The molecule has 0 unspecified atom stereocenters. The molecule has 3 heterocycles. The third kappa shape index (κ3) is 2.02. The Hall–Kier alpha value is -1.32. The predicted octanol–water partition coefficient (Wildman–Crippen LogP) is 2.84. The number of hydrogen-bond donors (Lipinski definition) is 0. The zero-order chi connectivity index (χ0) is 13.9. The summed E-state index contributed by atoms with van der Waals surface area (Å²) in [6.07, 6.45) is 0. The number of pyridine rings is 2. The molecule has 101 valence electrons. The third-order valence-corrected chi connectivity index (χ3v) is 4.12. The molecule has 0 spiro atoms. The maximum Gasteiger partial charge on any atom is 0.139 e. The molecule has 0 bridgehead atoms. The van der Waals surface area contributed by atoms with Crippen molar-refractivity contribution in [3.05, 3.63) is 63.4 Å². The van der Waals surface area contributed by atoms with E-state index in [9.17, 15) is 4.79 Å². The van der Waals surface area contributed by atoms with Crippen LogP contribution in [0.3, 0.4) is 0 Å². The average Bonchev–Trinajstić information content (AvgIpc) is 2.83. The van der Waals surface area contributed by atoms with E-state index < -0.39 is 0 Å². The fourth-order valence-corrected chi connectivity index (χ4v) is 2.96. The first-order valence-corrected chi connectivity index (χ1v) is 6.67. The molecule has 3 aromatic rings. The van der Waals surface area contributed by atoms with Crippen molar-refractivity contribution in [2.45, 2.75) is 20.4 Å². The number of para-hydroxylation sites is 1. The van der Waals surface area contributed by atoms with E-state index in [4.69, 9.17) is 4.98 Å². The second-order valence-electron chi connectivity index (χ2n) is 5.27. The SMILES string of the molecule is Cc1[c-]cc2n(c1=O)Cc1c-2nc2ccccc2c1C.[Y]. The van der Waals surface area contributed by atoms with E-state index in [1.807, 2.05) is 24.3 Å². The van der Waals surface area contributed by atoms with Gasteiger partial charge >= 0.3 is 0 Å². The topological polar surface area (TPSA) is 34.9 Å². The number of aryl methyl sites for hydroxylation is 2. The van der Waals surface area contributed by atoms with Crippen molar-refractivity contribution in [3.8, 4) is 11.4 Å². The van der Waals surface area contributed by atoms with Gasteiger partial charge in [-0.25, -0.2) is 0 Å². The van der Waals surface area contributed by atoms with Crippen molar-refractivity contribution in [2.24, 2.45) is 0 Å². The smallest absolute Gasteiger partial charge is 0.139 e. The van der Waals surface area contributed by atoms with Gasteiger partial charge in [-0.15, -0.1) is 5.56 Å². The van der Waals surface area contributed by atoms with Crippen LogP contribution in [0.15, 0.2) is 35.1 Å². The second-order valence-corrected chi connectivity index (χ2v) is 5.27. The Morgan fingerprint density at radius 1 is 1.24 bits per heavy atom. The average molecular weight is 350 g/mol. The summed E-state index contributed by atoms with van der Waals surface area (Å²) in [6.45, 7) is 4.52. The Kier molecular flexibility index (Phi) is 3.58. The van der Waals surface area contributed by atoms with Gasteiger partial charge in [0.15, 0.2) is 0 Å². The van der Waals surface area contributed by atoms with Crippen molar-refractivity contribution in [2.75, 3.05) is 0 Å². The largest absolute Gasteiger partial charge is 0.409 e. The Balaban J connectivity index is 0.00000132. The van der Waals surface area contributed by atoms with Crippen LogP contribution in [0.5, 0.6) is 0 Å². The molecular weight excluding hydrogens is 337 g/mol. The number of hydrogen-bond acceptors (Lipinski definition) is 2. The van der Waals surface area contributed by atoms with Gasteiger partial charge in [-0.2, -0.15) is 12.1 Å². The van der Waals surface area contributed by atoms with Crippen LogP contribution in [-0.4, -0.2) is 9.55 Å². The van der Waals surface area contributed by atoms with Gasteiger partial charge in [0.05, 0.1) is 5.52 Å². The molecule has 1 aliphatic rings. The zero-order valence-electron chi connectivity index (χ0n) is 12.0. The van der Waals surface area contributed by atoms with Crippen LogP contribution in [0.4, 0.5) is 0 Å². The maximum atomic E-state index is 12.2. The maximum absolute atomic E-state index is 12.2. The van der Waals surface area contributed by atoms with Crippen molar-refractivity contribution in [1.82, 2.24) is 9.55 Å². The minimum atomic E-state index is 0. The minimum Gasteiger partial charge on any atom is -0.409 e.